The Balaban J connectivity index is 0.000000203. The first-order chi connectivity index (χ1) is 35.5. The number of methoxy groups -OCH3 is 4. The highest BCUT2D eigenvalue weighted by Gasteiger charge is 2.15. The van der Waals surface area contributed by atoms with Gasteiger partial charge in [0.2, 0.25) is 0 Å². The third kappa shape index (κ3) is 18.5. The SMILES string of the molecule is COCOc1ccc(C(=O)Nc2ccccc2)cc1OCOC.COCOc1ccc(NC(=O)c2ccc(O)c(O)c2)cc1OCOC.O=C(O)c1ccc(OCc2ccccc2)c(OCc2ccccc2)c1. The summed E-state index contributed by atoms with van der Waals surface area (Å²) in [6.07, 6.45) is 0. The Morgan fingerprint density at radius 2 is 0.767 bits per heavy atom. The summed E-state index contributed by atoms with van der Waals surface area (Å²) in [7, 11) is 6.02. The van der Waals surface area contributed by atoms with Gasteiger partial charge in [0.05, 0.1) is 5.56 Å². The zero-order valence-corrected chi connectivity index (χ0v) is 40.5. The standard InChI is InChI=1S/C21H18O4.C17H19NO7.C17H19NO5/c22-21(23)18-11-12-19(24-14-16-7-3-1-4-8-16)20(13-18)25-15-17-9-5-2-6-10-17;1-22-9-24-15-6-4-12(8-16(15)25-10-23-2)18-17(21)11-3-5-13(19)14(20)7-11;1-20-11-22-15-9-8-13(10-16(15)23-12-21-2)17(19)18-14-6-4-3-5-7-14/h1-13H,14-15H2,(H,22,23);3-8,19-20H,9-10H2,1-2H3,(H,18,21);3-10H,11-12H2,1-2H3,(H,18,19). The topological polar surface area (TPSA) is 228 Å². The number of carbonyl (C=O) groups excluding carboxylic acids is 2. The molecule has 2 amide bonds. The van der Waals surface area contributed by atoms with Crippen molar-refractivity contribution < 1.29 is 77.1 Å². The Bertz CT molecular complexity index is 2800. The van der Waals surface area contributed by atoms with Crippen molar-refractivity contribution in [3.8, 4) is 46.0 Å². The number of phenolic OH excluding ortho intramolecular Hbond substituents is 2. The highest BCUT2D eigenvalue weighted by molar-refractivity contribution is 6.05. The molecular formula is C55H56N2O16. The first-order valence-electron chi connectivity index (χ1n) is 22.2. The number of benzene rings is 7. The molecule has 0 saturated heterocycles. The van der Waals surface area contributed by atoms with Crippen LogP contribution in [-0.4, -0.2) is 88.7 Å². The molecule has 18 nitrogen and oxygen atoms in total. The van der Waals surface area contributed by atoms with Crippen LogP contribution in [0.3, 0.4) is 0 Å². The maximum Gasteiger partial charge on any atom is 0.335 e. The Morgan fingerprint density at radius 3 is 1.27 bits per heavy atom. The minimum Gasteiger partial charge on any atom is -0.504 e. The average Bonchev–Trinajstić information content (AvgIpc) is 3.41. The number of amides is 2. The van der Waals surface area contributed by atoms with Crippen LogP contribution < -0.4 is 39.1 Å². The normalized spacial score (nSPS) is 10.2. The van der Waals surface area contributed by atoms with Crippen LogP contribution in [0.2, 0.25) is 0 Å². The van der Waals surface area contributed by atoms with Crippen LogP contribution in [0.5, 0.6) is 46.0 Å². The molecule has 0 aliphatic heterocycles. The molecule has 7 rings (SSSR count). The fraction of sp³-hybridized carbons (Fsp3) is 0.182. The number of carbonyl (C=O) groups is 3. The van der Waals surface area contributed by atoms with E-state index in [-0.39, 0.29) is 55.7 Å². The highest BCUT2D eigenvalue weighted by atomic mass is 16.7. The number of carboxylic acid groups (broad SMARTS) is 1. The molecule has 382 valence electrons. The van der Waals surface area contributed by atoms with Crippen LogP contribution in [0.15, 0.2) is 164 Å². The number of hydrogen-bond acceptors (Lipinski definition) is 15. The maximum absolute atomic E-state index is 12.3. The largest absolute Gasteiger partial charge is 0.504 e. The second-order valence-electron chi connectivity index (χ2n) is 15.0. The third-order valence-corrected chi connectivity index (χ3v) is 9.67. The fourth-order valence-corrected chi connectivity index (χ4v) is 6.13. The molecular weight excluding hydrogens is 945 g/mol. The number of ether oxygens (including phenoxy) is 10. The van der Waals surface area contributed by atoms with E-state index in [1.807, 2.05) is 91.0 Å². The first kappa shape index (κ1) is 55.1. The number of para-hydroxylation sites is 1. The van der Waals surface area contributed by atoms with E-state index in [2.05, 4.69) is 10.6 Å². The van der Waals surface area contributed by atoms with Crippen LogP contribution in [-0.2, 0) is 32.2 Å². The summed E-state index contributed by atoms with van der Waals surface area (Å²) in [5.41, 5.74) is 4.00. The third-order valence-electron chi connectivity index (χ3n) is 9.67. The van der Waals surface area contributed by atoms with Crippen LogP contribution in [0.1, 0.15) is 42.2 Å². The lowest BCUT2D eigenvalue weighted by atomic mass is 10.2. The summed E-state index contributed by atoms with van der Waals surface area (Å²) < 4.78 is 52.8. The molecule has 7 aromatic carbocycles. The van der Waals surface area contributed by atoms with Crippen LogP contribution >= 0.6 is 0 Å². The molecule has 0 heterocycles. The Kier molecular flexibility index (Phi) is 22.7. The van der Waals surface area contributed by atoms with E-state index in [0.29, 0.717) is 59.0 Å². The van der Waals surface area contributed by atoms with Gasteiger partial charge in [-0.3, -0.25) is 9.59 Å². The van der Waals surface area contributed by atoms with Crippen molar-refractivity contribution in [2.24, 2.45) is 0 Å². The Morgan fingerprint density at radius 1 is 0.384 bits per heavy atom. The second kappa shape index (κ2) is 30.0. The smallest absolute Gasteiger partial charge is 0.335 e. The fourth-order valence-electron chi connectivity index (χ4n) is 6.13. The van der Waals surface area contributed by atoms with Crippen molar-refractivity contribution in [1.29, 1.82) is 0 Å². The van der Waals surface area contributed by atoms with E-state index < -0.39 is 11.9 Å². The molecule has 0 aliphatic carbocycles. The summed E-state index contributed by atoms with van der Waals surface area (Å²) >= 11 is 0. The highest BCUT2D eigenvalue weighted by Crippen LogP contribution is 2.33. The van der Waals surface area contributed by atoms with Crippen LogP contribution in [0.4, 0.5) is 11.4 Å². The van der Waals surface area contributed by atoms with Crippen LogP contribution in [0.25, 0.3) is 0 Å². The van der Waals surface area contributed by atoms with Crippen LogP contribution in [0, 0.1) is 0 Å². The molecule has 73 heavy (non-hydrogen) atoms. The Labute approximate surface area is 422 Å². The van der Waals surface area contributed by atoms with Gasteiger partial charge < -0.3 is 73.3 Å². The van der Waals surface area contributed by atoms with Gasteiger partial charge in [-0.05, 0) is 90.0 Å². The molecule has 18 heteroatoms. The number of aromatic carboxylic acids is 1. The van der Waals surface area contributed by atoms with Gasteiger partial charge in [0.25, 0.3) is 11.8 Å². The predicted octanol–water partition coefficient (Wildman–Crippen LogP) is 9.76. The molecule has 0 unspecified atom stereocenters. The molecule has 0 aliphatic rings. The number of rotatable bonds is 23. The number of anilines is 2. The maximum atomic E-state index is 12.3. The zero-order chi connectivity index (χ0) is 52.2. The summed E-state index contributed by atoms with van der Waals surface area (Å²) in [5, 5.41) is 33.5. The van der Waals surface area contributed by atoms with Crippen molar-refractivity contribution in [3.05, 3.63) is 192 Å². The van der Waals surface area contributed by atoms with Crippen molar-refractivity contribution in [1.82, 2.24) is 0 Å². The van der Waals surface area contributed by atoms with Crippen molar-refractivity contribution in [3.63, 3.8) is 0 Å². The number of carboxylic acids is 1. The van der Waals surface area contributed by atoms with Crippen molar-refractivity contribution >= 4 is 29.2 Å². The molecule has 0 fully saturated rings. The summed E-state index contributed by atoms with van der Waals surface area (Å²) in [5.74, 6) is 0.236. The van der Waals surface area contributed by atoms with E-state index in [1.165, 1.54) is 58.8 Å². The lowest BCUT2D eigenvalue weighted by Crippen LogP contribution is -2.12. The molecule has 0 radical (unpaired) electrons. The van der Waals surface area contributed by atoms with Gasteiger partial charge in [0, 0.05) is 57.0 Å². The molecule has 0 bridgehead atoms. The molecule has 0 atom stereocenters. The summed E-state index contributed by atoms with van der Waals surface area (Å²) in [6, 6.07) is 46.8. The molecule has 7 aromatic rings. The quantitative estimate of drug-likeness (QED) is 0.0297. The van der Waals surface area contributed by atoms with Crippen molar-refractivity contribution in [2.75, 3.05) is 66.2 Å². The van der Waals surface area contributed by atoms with Crippen molar-refractivity contribution in [2.45, 2.75) is 13.2 Å². The average molecular weight is 1000 g/mol. The van der Waals surface area contributed by atoms with Gasteiger partial charge in [-0.2, -0.15) is 0 Å². The van der Waals surface area contributed by atoms with Gasteiger partial charge in [-0.1, -0.05) is 78.9 Å². The van der Waals surface area contributed by atoms with Gasteiger partial charge in [-0.25, -0.2) is 4.79 Å². The lowest BCUT2D eigenvalue weighted by molar-refractivity contribution is 0.0322. The van der Waals surface area contributed by atoms with Gasteiger partial charge >= 0.3 is 5.97 Å². The second-order valence-corrected chi connectivity index (χ2v) is 15.0. The molecule has 0 saturated carbocycles. The summed E-state index contributed by atoms with van der Waals surface area (Å²) in [6.45, 7) is 0.904. The number of aromatic hydroxyl groups is 2. The van der Waals surface area contributed by atoms with Gasteiger partial charge in [-0.15, -0.1) is 0 Å². The number of nitrogens with one attached hydrogen (secondary N) is 2. The summed E-state index contributed by atoms with van der Waals surface area (Å²) in [4.78, 5) is 35.8. The van der Waals surface area contributed by atoms with E-state index in [4.69, 9.17) is 47.4 Å². The first-order valence-corrected chi connectivity index (χ1v) is 22.2. The predicted molar refractivity (Wildman–Crippen MR) is 270 cm³/mol. The van der Waals surface area contributed by atoms with E-state index >= 15 is 0 Å². The monoisotopic (exact) mass is 1000 g/mol. The number of hydrogen-bond donors (Lipinski definition) is 5. The van der Waals surface area contributed by atoms with E-state index in [1.54, 1.807) is 42.5 Å². The van der Waals surface area contributed by atoms with E-state index in [9.17, 15) is 29.7 Å². The lowest BCUT2D eigenvalue weighted by Gasteiger charge is -2.14. The molecule has 5 N–H and O–H groups in total. The zero-order valence-electron chi connectivity index (χ0n) is 40.5. The minimum absolute atomic E-state index is 0.00652. The molecule has 0 aromatic heterocycles. The molecule has 0 spiro atoms. The Hall–Kier alpha value is -8.81. The van der Waals surface area contributed by atoms with Gasteiger partial charge in [0.1, 0.15) is 13.2 Å². The number of phenols is 2. The van der Waals surface area contributed by atoms with E-state index in [0.717, 1.165) is 16.8 Å². The minimum atomic E-state index is -1.00. The van der Waals surface area contributed by atoms with Gasteiger partial charge in [0.15, 0.2) is 73.2 Å².